The van der Waals surface area contributed by atoms with Gasteiger partial charge < -0.3 is 15.3 Å². The lowest BCUT2D eigenvalue weighted by molar-refractivity contribution is 0.318. The Bertz CT molecular complexity index is 500. The van der Waals surface area contributed by atoms with E-state index in [0.717, 1.165) is 11.3 Å². The Labute approximate surface area is 80.5 Å². The second-order valence-electron chi connectivity index (χ2n) is 3.03. The molecule has 72 valence electrons. The Morgan fingerprint density at radius 2 is 2.36 bits per heavy atom. The zero-order chi connectivity index (χ0) is 10.1. The van der Waals surface area contributed by atoms with E-state index in [1.165, 1.54) is 0 Å². The van der Waals surface area contributed by atoms with Gasteiger partial charge in [0.15, 0.2) is 5.84 Å². The van der Waals surface area contributed by atoms with Crippen molar-refractivity contribution in [2.75, 3.05) is 0 Å². The highest BCUT2D eigenvalue weighted by molar-refractivity contribution is 5.96. The molecule has 0 unspecified atom stereocenters. The van der Waals surface area contributed by atoms with Crippen LogP contribution in [0.15, 0.2) is 29.7 Å². The highest BCUT2D eigenvalue weighted by Gasteiger charge is 2.02. The normalized spacial score (nSPS) is 12.2. The first kappa shape index (κ1) is 8.55. The molecule has 2 aromatic rings. The number of rotatable bonds is 1. The molecular weight excluding hydrogens is 180 g/mol. The van der Waals surface area contributed by atoms with Gasteiger partial charge in [0.1, 0.15) is 5.65 Å². The molecule has 0 saturated heterocycles. The van der Waals surface area contributed by atoms with Crippen LogP contribution in [0.4, 0.5) is 0 Å². The van der Waals surface area contributed by atoms with Crippen LogP contribution in [0.1, 0.15) is 11.3 Å². The third-order valence-corrected chi connectivity index (χ3v) is 2.09. The molecule has 0 amide bonds. The van der Waals surface area contributed by atoms with Gasteiger partial charge in [-0.1, -0.05) is 5.16 Å². The van der Waals surface area contributed by atoms with Gasteiger partial charge in [-0.25, -0.2) is 4.98 Å². The van der Waals surface area contributed by atoms with Gasteiger partial charge in [-0.05, 0) is 19.1 Å². The minimum absolute atomic E-state index is 0.0972. The lowest BCUT2D eigenvalue weighted by Gasteiger charge is -2.00. The molecule has 0 aliphatic rings. The molecule has 0 aromatic carbocycles. The van der Waals surface area contributed by atoms with Crippen LogP contribution >= 0.6 is 0 Å². The molecule has 0 spiro atoms. The quantitative estimate of drug-likeness (QED) is 0.301. The number of nitrogens with zero attached hydrogens (tertiary/aromatic N) is 3. The van der Waals surface area contributed by atoms with Gasteiger partial charge in [0, 0.05) is 23.7 Å². The monoisotopic (exact) mass is 190 g/mol. The number of aryl methyl sites for hydroxylation is 1. The zero-order valence-electron chi connectivity index (χ0n) is 7.68. The highest BCUT2D eigenvalue weighted by atomic mass is 16.4. The van der Waals surface area contributed by atoms with E-state index >= 15 is 0 Å². The SMILES string of the molecule is Cc1cnc2ccc(/C(N)=N/O)cn12. The molecule has 0 radical (unpaired) electrons. The molecule has 3 N–H and O–H groups in total. The topological polar surface area (TPSA) is 75.9 Å². The van der Waals surface area contributed by atoms with Crippen LogP contribution in [0.25, 0.3) is 5.65 Å². The summed E-state index contributed by atoms with van der Waals surface area (Å²) in [6.07, 6.45) is 3.55. The first-order chi connectivity index (χ1) is 6.72. The van der Waals surface area contributed by atoms with Crippen LogP contribution in [0.5, 0.6) is 0 Å². The van der Waals surface area contributed by atoms with E-state index in [0.29, 0.717) is 5.56 Å². The molecule has 0 aliphatic heterocycles. The second-order valence-corrected chi connectivity index (χ2v) is 3.03. The van der Waals surface area contributed by atoms with Gasteiger partial charge in [0.25, 0.3) is 0 Å². The molecular formula is C9H10N4O. The Morgan fingerprint density at radius 3 is 3.07 bits per heavy atom. The van der Waals surface area contributed by atoms with Crippen LogP contribution in [-0.2, 0) is 0 Å². The molecule has 0 bridgehead atoms. The van der Waals surface area contributed by atoms with Crippen LogP contribution in [0.3, 0.4) is 0 Å². The number of aromatic nitrogens is 2. The average molecular weight is 190 g/mol. The largest absolute Gasteiger partial charge is 0.409 e. The summed E-state index contributed by atoms with van der Waals surface area (Å²) in [6, 6.07) is 3.58. The standard InChI is InChI=1S/C9H10N4O/c1-6-4-11-8-3-2-7(5-13(6)8)9(10)12-14/h2-5,14H,1H3,(H2,10,12). The Kier molecular flexibility index (Phi) is 1.85. The maximum absolute atomic E-state index is 8.52. The van der Waals surface area contributed by atoms with Crippen molar-refractivity contribution in [1.82, 2.24) is 9.38 Å². The first-order valence-corrected chi connectivity index (χ1v) is 4.14. The zero-order valence-corrected chi connectivity index (χ0v) is 7.68. The summed E-state index contributed by atoms with van der Waals surface area (Å²) in [5, 5.41) is 11.5. The Morgan fingerprint density at radius 1 is 1.57 bits per heavy atom. The van der Waals surface area contributed by atoms with Crippen molar-refractivity contribution < 1.29 is 5.21 Å². The number of pyridine rings is 1. The molecule has 14 heavy (non-hydrogen) atoms. The number of oxime groups is 1. The minimum Gasteiger partial charge on any atom is -0.409 e. The number of imidazole rings is 1. The molecule has 0 aliphatic carbocycles. The fourth-order valence-electron chi connectivity index (χ4n) is 1.31. The third kappa shape index (κ3) is 1.19. The van der Waals surface area contributed by atoms with E-state index in [9.17, 15) is 0 Å². The van der Waals surface area contributed by atoms with E-state index in [2.05, 4.69) is 10.1 Å². The number of amidine groups is 1. The maximum Gasteiger partial charge on any atom is 0.171 e. The van der Waals surface area contributed by atoms with Gasteiger partial charge in [0.2, 0.25) is 0 Å². The third-order valence-electron chi connectivity index (χ3n) is 2.09. The number of fused-ring (bicyclic) bond motifs is 1. The average Bonchev–Trinajstić information content (AvgIpc) is 2.59. The molecule has 2 rings (SSSR count). The van der Waals surface area contributed by atoms with Crippen molar-refractivity contribution >= 4 is 11.5 Å². The molecule has 0 saturated carbocycles. The summed E-state index contributed by atoms with van der Waals surface area (Å²) in [4.78, 5) is 4.16. The van der Waals surface area contributed by atoms with Crippen LogP contribution in [-0.4, -0.2) is 20.4 Å². The molecule has 2 heterocycles. The van der Waals surface area contributed by atoms with Crippen molar-refractivity contribution in [3.05, 3.63) is 35.8 Å². The smallest absolute Gasteiger partial charge is 0.171 e. The van der Waals surface area contributed by atoms with Crippen molar-refractivity contribution in [3.63, 3.8) is 0 Å². The van der Waals surface area contributed by atoms with Crippen LogP contribution in [0, 0.1) is 6.92 Å². The lowest BCUT2D eigenvalue weighted by atomic mass is 10.2. The van der Waals surface area contributed by atoms with Crippen LogP contribution < -0.4 is 5.73 Å². The minimum atomic E-state index is 0.0972. The summed E-state index contributed by atoms with van der Waals surface area (Å²) in [5.74, 6) is 0.0972. The summed E-state index contributed by atoms with van der Waals surface area (Å²) in [7, 11) is 0. The van der Waals surface area contributed by atoms with E-state index in [1.54, 1.807) is 18.5 Å². The summed E-state index contributed by atoms with van der Waals surface area (Å²) < 4.78 is 1.88. The Balaban J connectivity index is 2.66. The molecule has 2 aromatic heterocycles. The first-order valence-electron chi connectivity index (χ1n) is 4.14. The van der Waals surface area contributed by atoms with Gasteiger partial charge in [0.05, 0.1) is 0 Å². The second kappa shape index (κ2) is 3.02. The number of hydrogen-bond donors (Lipinski definition) is 2. The summed E-state index contributed by atoms with van der Waals surface area (Å²) in [6.45, 7) is 1.94. The Hall–Kier alpha value is -2.04. The van der Waals surface area contributed by atoms with Crippen molar-refractivity contribution in [1.29, 1.82) is 0 Å². The maximum atomic E-state index is 8.52. The fraction of sp³-hybridized carbons (Fsp3) is 0.111. The predicted octanol–water partition coefficient (Wildman–Crippen LogP) is 0.737. The van der Waals surface area contributed by atoms with Gasteiger partial charge in [-0.2, -0.15) is 0 Å². The van der Waals surface area contributed by atoms with Gasteiger partial charge in [-0.15, -0.1) is 0 Å². The number of nitrogens with two attached hydrogens (primary N) is 1. The summed E-state index contributed by atoms with van der Waals surface area (Å²) >= 11 is 0. The van der Waals surface area contributed by atoms with Crippen molar-refractivity contribution in [3.8, 4) is 0 Å². The van der Waals surface area contributed by atoms with Gasteiger partial charge in [-0.3, -0.25) is 0 Å². The highest BCUT2D eigenvalue weighted by Crippen LogP contribution is 2.07. The predicted molar refractivity (Wildman–Crippen MR) is 52.4 cm³/mol. The van der Waals surface area contributed by atoms with E-state index in [4.69, 9.17) is 10.9 Å². The number of hydrogen-bond acceptors (Lipinski definition) is 3. The van der Waals surface area contributed by atoms with E-state index in [1.807, 2.05) is 17.4 Å². The molecule has 5 nitrogen and oxygen atoms in total. The van der Waals surface area contributed by atoms with Gasteiger partial charge >= 0.3 is 0 Å². The van der Waals surface area contributed by atoms with E-state index < -0.39 is 0 Å². The van der Waals surface area contributed by atoms with E-state index in [-0.39, 0.29) is 5.84 Å². The summed E-state index contributed by atoms with van der Waals surface area (Å²) in [5.41, 5.74) is 7.99. The van der Waals surface area contributed by atoms with Crippen molar-refractivity contribution in [2.45, 2.75) is 6.92 Å². The lowest BCUT2D eigenvalue weighted by Crippen LogP contribution is -2.13. The molecule has 0 fully saturated rings. The molecule has 5 heteroatoms. The van der Waals surface area contributed by atoms with Crippen molar-refractivity contribution in [2.24, 2.45) is 10.9 Å². The van der Waals surface area contributed by atoms with Crippen LogP contribution in [0.2, 0.25) is 0 Å². The fourth-order valence-corrected chi connectivity index (χ4v) is 1.31. The molecule has 0 atom stereocenters.